The van der Waals surface area contributed by atoms with Crippen molar-refractivity contribution in [2.24, 2.45) is 0 Å². The molecule has 0 atom stereocenters. The van der Waals surface area contributed by atoms with E-state index in [-0.39, 0.29) is 11.4 Å². The molecule has 5 heteroatoms. The molecule has 0 aliphatic rings. The summed E-state index contributed by atoms with van der Waals surface area (Å²) >= 11 is 0. The van der Waals surface area contributed by atoms with Gasteiger partial charge in [-0.3, -0.25) is 4.79 Å². The Hall–Kier alpha value is -3.52. The smallest absolute Gasteiger partial charge is 0.255 e. The summed E-state index contributed by atoms with van der Waals surface area (Å²) in [5, 5.41) is 16.9. The first-order valence-corrected chi connectivity index (χ1v) is 10.4. The Morgan fingerprint density at radius 2 is 1.45 bits per heavy atom. The Morgan fingerprint density at radius 1 is 0.903 bits per heavy atom. The van der Waals surface area contributed by atoms with E-state index in [4.69, 9.17) is 0 Å². The van der Waals surface area contributed by atoms with Gasteiger partial charge in [0, 0.05) is 22.2 Å². The van der Waals surface area contributed by atoms with Gasteiger partial charge < -0.3 is 15.2 Å². The summed E-state index contributed by atoms with van der Waals surface area (Å²) in [4.78, 5) is 13.1. The van der Waals surface area contributed by atoms with Crippen molar-refractivity contribution in [2.45, 2.75) is 52.6 Å². The topological polar surface area (TPSA) is 69.8 Å². The lowest BCUT2D eigenvalue weighted by atomic mass is 10.0. The van der Waals surface area contributed by atoms with Crippen LogP contribution >= 0.6 is 0 Å². The second-order valence-electron chi connectivity index (χ2n) is 9.63. The molecular weight excluding hydrogens is 384 g/mol. The lowest BCUT2D eigenvalue weighted by molar-refractivity contribution is 0.102. The molecule has 0 spiro atoms. The first kappa shape index (κ1) is 22.2. The van der Waals surface area contributed by atoms with Crippen LogP contribution in [0.4, 0.5) is 11.5 Å². The first-order chi connectivity index (χ1) is 14.5. The molecule has 1 heterocycles. The van der Waals surface area contributed by atoms with Gasteiger partial charge in [0.1, 0.15) is 17.6 Å². The largest absolute Gasteiger partial charge is 0.365 e. The van der Waals surface area contributed by atoms with Crippen molar-refractivity contribution in [2.75, 3.05) is 10.6 Å². The fraction of sp³-hybridized carbons (Fsp3) is 0.308. The monoisotopic (exact) mass is 414 g/mol. The van der Waals surface area contributed by atoms with E-state index in [9.17, 15) is 10.1 Å². The Bertz CT molecular complexity index is 1110. The molecule has 0 aliphatic heterocycles. The molecule has 0 unspecified atom stereocenters. The lowest BCUT2D eigenvalue weighted by Gasteiger charge is -2.30. The highest BCUT2D eigenvalue weighted by Gasteiger charge is 2.32. The molecule has 2 aromatic carbocycles. The molecule has 160 valence electrons. The highest BCUT2D eigenvalue weighted by molar-refractivity contribution is 6.09. The number of anilines is 2. The second-order valence-corrected chi connectivity index (χ2v) is 9.63. The van der Waals surface area contributed by atoms with Crippen LogP contribution < -0.4 is 10.6 Å². The standard InChI is InChI=1S/C26H30N4O/c1-25(2,3)29-23-22(28-24(31)19-15-11-8-12-16-19)21(18-13-9-7-10-14-18)20(17-27)30(23)26(4,5)6/h7-16,29H,1-6H3,(H,28,31). The van der Waals surface area contributed by atoms with Crippen LogP contribution in [0.2, 0.25) is 0 Å². The molecular formula is C26H30N4O. The van der Waals surface area contributed by atoms with Crippen molar-refractivity contribution in [3.63, 3.8) is 0 Å². The number of benzene rings is 2. The Kier molecular flexibility index (Phi) is 5.94. The molecule has 0 saturated heterocycles. The third kappa shape index (κ3) is 4.80. The molecule has 0 radical (unpaired) electrons. The highest BCUT2D eigenvalue weighted by Crippen LogP contribution is 2.44. The molecule has 3 aromatic rings. The van der Waals surface area contributed by atoms with Crippen LogP contribution in [-0.2, 0) is 5.54 Å². The molecule has 5 nitrogen and oxygen atoms in total. The number of rotatable bonds is 4. The number of amides is 1. The Morgan fingerprint density at radius 3 is 1.94 bits per heavy atom. The van der Waals surface area contributed by atoms with Crippen LogP contribution in [0.1, 0.15) is 57.6 Å². The number of hydrogen-bond acceptors (Lipinski definition) is 3. The van der Waals surface area contributed by atoms with Crippen molar-refractivity contribution in [1.29, 1.82) is 5.26 Å². The minimum Gasteiger partial charge on any atom is -0.365 e. The lowest BCUT2D eigenvalue weighted by Crippen LogP contribution is -2.32. The SMILES string of the molecule is CC(C)(C)Nc1c(NC(=O)c2ccccc2)c(-c2ccccc2)c(C#N)n1C(C)(C)C. The molecule has 1 amide bonds. The molecule has 0 bridgehead atoms. The molecule has 3 rings (SSSR count). The van der Waals surface area contributed by atoms with E-state index in [0.29, 0.717) is 22.5 Å². The van der Waals surface area contributed by atoms with E-state index in [2.05, 4.69) is 58.2 Å². The fourth-order valence-corrected chi connectivity index (χ4v) is 3.61. The van der Waals surface area contributed by atoms with Gasteiger partial charge in [0.2, 0.25) is 0 Å². The van der Waals surface area contributed by atoms with Crippen molar-refractivity contribution in [1.82, 2.24) is 4.57 Å². The number of carbonyl (C=O) groups is 1. The van der Waals surface area contributed by atoms with Gasteiger partial charge in [-0.1, -0.05) is 48.5 Å². The zero-order chi connectivity index (χ0) is 22.8. The van der Waals surface area contributed by atoms with Crippen molar-refractivity contribution < 1.29 is 4.79 Å². The van der Waals surface area contributed by atoms with Crippen LogP contribution in [-0.4, -0.2) is 16.0 Å². The fourth-order valence-electron chi connectivity index (χ4n) is 3.61. The maximum absolute atomic E-state index is 13.1. The Labute approximate surface area is 184 Å². The van der Waals surface area contributed by atoms with Gasteiger partial charge in [-0.15, -0.1) is 0 Å². The summed E-state index contributed by atoms with van der Waals surface area (Å²) in [5.41, 5.74) is 2.60. The summed E-state index contributed by atoms with van der Waals surface area (Å²) < 4.78 is 1.99. The summed E-state index contributed by atoms with van der Waals surface area (Å²) in [7, 11) is 0. The number of hydrogen-bond donors (Lipinski definition) is 2. The van der Waals surface area contributed by atoms with Gasteiger partial charge in [0.25, 0.3) is 5.91 Å². The number of nitrogens with one attached hydrogen (secondary N) is 2. The zero-order valence-electron chi connectivity index (χ0n) is 19.1. The maximum Gasteiger partial charge on any atom is 0.255 e. The minimum atomic E-state index is -0.391. The summed E-state index contributed by atoms with van der Waals surface area (Å²) in [5.74, 6) is 0.505. The third-order valence-electron chi connectivity index (χ3n) is 4.78. The molecule has 1 aromatic heterocycles. The maximum atomic E-state index is 13.1. The first-order valence-electron chi connectivity index (χ1n) is 10.4. The molecule has 2 N–H and O–H groups in total. The van der Waals surface area contributed by atoms with Gasteiger partial charge in [-0.2, -0.15) is 5.26 Å². The summed E-state index contributed by atoms with van der Waals surface area (Å²) in [6.45, 7) is 12.3. The average Bonchev–Trinajstić information content (AvgIpc) is 3.01. The molecule has 0 aliphatic carbocycles. The van der Waals surface area contributed by atoms with Gasteiger partial charge in [-0.25, -0.2) is 0 Å². The number of nitriles is 1. The van der Waals surface area contributed by atoms with Crippen molar-refractivity contribution in [3.8, 4) is 17.2 Å². The molecule has 31 heavy (non-hydrogen) atoms. The highest BCUT2D eigenvalue weighted by atomic mass is 16.1. The van der Waals surface area contributed by atoms with E-state index < -0.39 is 5.54 Å². The second kappa shape index (κ2) is 8.31. The van der Waals surface area contributed by atoms with Gasteiger partial charge >= 0.3 is 0 Å². The molecule has 0 saturated carbocycles. The predicted octanol–water partition coefficient (Wildman–Crippen LogP) is 6.24. The number of carbonyl (C=O) groups excluding carboxylic acids is 1. The number of aromatic nitrogens is 1. The van der Waals surface area contributed by atoms with Crippen LogP contribution in [0, 0.1) is 11.3 Å². The van der Waals surface area contributed by atoms with Gasteiger partial charge in [0.15, 0.2) is 0 Å². The third-order valence-corrected chi connectivity index (χ3v) is 4.78. The number of nitrogens with zero attached hydrogens (tertiary/aromatic N) is 2. The molecule has 0 fully saturated rings. The van der Waals surface area contributed by atoms with Gasteiger partial charge in [-0.05, 0) is 59.2 Å². The average molecular weight is 415 g/mol. The van der Waals surface area contributed by atoms with Crippen LogP contribution in [0.3, 0.4) is 0 Å². The van der Waals surface area contributed by atoms with Crippen LogP contribution in [0.5, 0.6) is 0 Å². The van der Waals surface area contributed by atoms with Gasteiger partial charge in [0.05, 0.1) is 5.69 Å². The van der Waals surface area contributed by atoms with Crippen molar-refractivity contribution >= 4 is 17.4 Å². The van der Waals surface area contributed by atoms with E-state index in [0.717, 1.165) is 11.4 Å². The van der Waals surface area contributed by atoms with Crippen molar-refractivity contribution in [3.05, 3.63) is 71.9 Å². The summed E-state index contributed by atoms with van der Waals surface area (Å²) in [6, 6.07) is 21.2. The zero-order valence-corrected chi connectivity index (χ0v) is 19.1. The van der Waals surface area contributed by atoms with Crippen LogP contribution in [0.15, 0.2) is 60.7 Å². The van der Waals surface area contributed by atoms with E-state index in [1.54, 1.807) is 12.1 Å². The Balaban J connectivity index is 2.33. The van der Waals surface area contributed by atoms with E-state index in [1.807, 2.05) is 53.1 Å². The minimum absolute atomic E-state index is 0.217. The van der Waals surface area contributed by atoms with Crippen LogP contribution in [0.25, 0.3) is 11.1 Å². The summed E-state index contributed by atoms with van der Waals surface area (Å²) in [6.07, 6.45) is 0. The van der Waals surface area contributed by atoms with E-state index in [1.165, 1.54) is 0 Å². The normalized spacial score (nSPS) is 11.6. The quantitative estimate of drug-likeness (QED) is 0.530. The van der Waals surface area contributed by atoms with E-state index >= 15 is 0 Å². The predicted molar refractivity (Wildman–Crippen MR) is 127 cm³/mol.